The summed E-state index contributed by atoms with van der Waals surface area (Å²) in [5.41, 5.74) is 1.66. The molecule has 0 aliphatic carbocycles. The van der Waals surface area contributed by atoms with Gasteiger partial charge in [0.15, 0.2) is 11.2 Å². The number of halogens is 1. The second-order valence-corrected chi connectivity index (χ2v) is 7.36. The molecule has 1 atom stereocenters. The molecule has 6 nitrogen and oxygen atoms in total. The topological polar surface area (TPSA) is 56.0 Å². The maximum Gasteiger partial charge on any atom is 0.287 e. The molecule has 1 saturated heterocycles. The Morgan fingerprint density at radius 3 is 2.73 bits per heavy atom. The lowest BCUT2D eigenvalue weighted by molar-refractivity contribution is 0.440. The quantitative estimate of drug-likeness (QED) is 0.707. The molecule has 0 bridgehead atoms. The van der Waals surface area contributed by atoms with E-state index in [0.717, 1.165) is 31.7 Å². The lowest BCUT2D eigenvalue weighted by atomic mass is 10.0. The van der Waals surface area contributed by atoms with Gasteiger partial charge in [0.1, 0.15) is 0 Å². The highest BCUT2D eigenvalue weighted by atomic mass is 35.5. The van der Waals surface area contributed by atoms with Crippen molar-refractivity contribution in [3.63, 3.8) is 0 Å². The first kappa shape index (κ1) is 17.1. The molecular formula is C19H22ClN5O. The predicted molar refractivity (Wildman–Crippen MR) is 104 cm³/mol. The van der Waals surface area contributed by atoms with Crippen molar-refractivity contribution in [1.82, 2.24) is 19.1 Å². The molecule has 1 aromatic carbocycles. The van der Waals surface area contributed by atoms with E-state index in [2.05, 4.69) is 16.8 Å². The van der Waals surface area contributed by atoms with Gasteiger partial charge in [-0.1, -0.05) is 18.5 Å². The molecule has 1 fully saturated rings. The summed E-state index contributed by atoms with van der Waals surface area (Å²) in [6.45, 7) is 6.79. The molecule has 1 aliphatic rings. The van der Waals surface area contributed by atoms with E-state index >= 15 is 0 Å². The average Bonchev–Trinajstić information content (AvgIpc) is 3.06. The number of hydrogen-bond donors (Lipinski definition) is 0. The lowest BCUT2D eigenvalue weighted by Crippen LogP contribution is -2.39. The van der Waals surface area contributed by atoms with Crippen LogP contribution in [0.4, 0.5) is 5.95 Å². The Morgan fingerprint density at radius 1 is 1.27 bits per heavy atom. The molecule has 4 rings (SSSR count). The van der Waals surface area contributed by atoms with E-state index < -0.39 is 0 Å². The Kier molecular flexibility index (Phi) is 4.44. The number of aromatic nitrogens is 4. The number of aryl methyl sites for hydroxylation is 1. The number of fused-ring (bicyclic) bond motifs is 1. The van der Waals surface area contributed by atoms with Gasteiger partial charge < -0.3 is 9.47 Å². The zero-order valence-corrected chi connectivity index (χ0v) is 15.8. The third-order valence-corrected chi connectivity index (χ3v) is 5.24. The van der Waals surface area contributed by atoms with Crippen LogP contribution in [0.25, 0.3) is 16.9 Å². The van der Waals surface area contributed by atoms with Crippen LogP contribution in [0, 0.1) is 5.92 Å². The zero-order valence-electron chi connectivity index (χ0n) is 15.0. The second-order valence-electron chi connectivity index (χ2n) is 6.92. The molecule has 0 spiro atoms. The second kappa shape index (κ2) is 6.76. The van der Waals surface area contributed by atoms with Gasteiger partial charge in [-0.3, -0.25) is 4.79 Å². The first-order chi connectivity index (χ1) is 12.6. The van der Waals surface area contributed by atoms with E-state index in [4.69, 9.17) is 16.6 Å². The molecule has 136 valence electrons. The van der Waals surface area contributed by atoms with Gasteiger partial charge >= 0.3 is 0 Å². The predicted octanol–water partition coefficient (Wildman–Crippen LogP) is 3.49. The summed E-state index contributed by atoms with van der Waals surface area (Å²) < 4.78 is 3.59. The first-order valence-corrected chi connectivity index (χ1v) is 9.45. The van der Waals surface area contributed by atoms with E-state index in [1.807, 2.05) is 23.6 Å². The van der Waals surface area contributed by atoms with Crippen molar-refractivity contribution in [2.24, 2.45) is 5.92 Å². The van der Waals surface area contributed by atoms with Gasteiger partial charge in [-0.2, -0.15) is 4.98 Å². The molecule has 3 heterocycles. The molecule has 3 aromatic rings. The van der Waals surface area contributed by atoms with E-state index in [0.29, 0.717) is 28.1 Å². The maximum absolute atomic E-state index is 13.3. The fourth-order valence-electron chi connectivity index (χ4n) is 3.62. The van der Waals surface area contributed by atoms with Crippen LogP contribution in [0.15, 0.2) is 35.4 Å². The third kappa shape index (κ3) is 2.88. The average molecular weight is 372 g/mol. The smallest absolute Gasteiger partial charge is 0.287 e. The Hall–Kier alpha value is -2.34. The Labute approximate surface area is 157 Å². The van der Waals surface area contributed by atoms with Crippen molar-refractivity contribution in [3.8, 4) is 5.69 Å². The summed E-state index contributed by atoms with van der Waals surface area (Å²) in [5.74, 6) is 1.26. The Balaban J connectivity index is 1.98. The highest BCUT2D eigenvalue weighted by Crippen LogP contribution is 2.25. The summed E-state index contributed by atoms with van der Waals surface area (Å²) in [5, 5.41) is 0.638. The van der Waals surface area contributed by atoms with Crippen molar-refractivity contribution >= 4 is 28.7 Å². The molecule has 26 heavy (non-hydrogen) atoms. The van der Waals surface area contributed by atoms with Crippen LogP contribution in [0.1, 0.15) is 26.7 Å². The molecule has 2 aromatic heterocycles. The molecule has 1 aliphatic heterocycles. The minimum Gasteiger partial charge on any atom is -0.342 e. The zero-order chi connectivity index (χ0) is 18.3. The largest absolute Gasteiger partial charge is 0.342 e. The molecule has 1 unspecified atom stereocenters. The summed E-state index contributed by atoms with van der Waals surface area (Å²) in [7, 11) is 0. The molecule has 0 N–H and O–H groups in total. The van der Waals surface area contributed by atoms with E-state index in [1.165, 1.54) is 6.42 Å². The molecule has 0 saturated carbocycles. The number of benzene rings is 1. The molecular weight excluding hydrogens is 350 g/mol. The van der Waals surface area contributed by atoms with Crippen molar-refractivity contribution in [3.05, 3.63) is 46.0 Å². The van der Waals surface area contributed by atoms with E-state index in [9.17, 15) is 4.79 Å². The Bertz CT molecular complexity index is 992. The van der Waals surface area contributed by atoms with Crippen LogP contribution >= 0.6 is 11.6 Å². The number of hydrogen-bond acceptors (Lipinski definition) is 4. The lowest BCUT2D eigenvalue weighted by Gasteiger charge is -2.33. The van der Waals surface area contributed by atoms with Crippen LogP contribution in [0.3, 0.4) is 0 Å². The monoisotopic (exact) mass is 371 g/mol. The summed E-state index contributed by atoms with van der Waals surface area (Å²) in [6, 6.07) is 7.29. The van der Waals surface area contributed by atoms with E-state index in [1.54, 1.807) is 23.0 Å². The van der Waals surface area contributed by atoms with Crippen molar-refractivity contribution in [2.75, 3.05) is 18.0 Å². The summed E-state index contributed by atoms with van der Waals surface area (Å²) in [6.07, 6.45) is 3.99. The number of rotatable bonds is 3. The third-order valence-electron chi connectivity index (χ3n) is 4.99. The SMILES string of the molecule is CCn1cnc2c(=O)n(-c3ccc(Cl)cc3)c(N3CCCC(C)C3)nc21. The minimum atomic E-state index is -0.141. The standard InChI is InChI=1S/C19H22ClN5O/c1-3-23-12-21-16-17(23)22-19(24-10-4-5-13(2)11-24)25(18(16)26)15-8-6-14(20)7-9-15/h6-9,12-13H,3-5,10-11H2,1-2H3. The van der Waals surface area contributed by atoms with Gasteiger partial charge in [-0.15, -0.1) is 0 Å². The minimum absolute atomic E-state index is 0.141. The van der Waals surface area contributed by atoms with Crippen molar-refractivity contribution < 1.29 is 0 Å². The van der Waals surface area contributed by atoms with Crippen LogP contribution in [-0.4, -0.2) is 32.2 Å². The molecule has 0 amide bonds. The number of piperidine rings is 1. The number of anilines is 1. The van der Waals surface area contributed by atoms with Crippen LogP contribution in [0.2, 0.25) is 5.02 Å². The van der Waals surface area contributed by atoms with Gasteiger partial charge in [-0.05, 0) is 49.9 Å². The van der Waals surface area contributed by atoms with Gasteiger partial charge in [-0.25, -0.2) is 9.55 Å². The normalized spacial score (nSPS) is 17.8. The summed E-state index contributed by atoms with van der Waals surface area (Å²) in [4.78, 5) is 24.7. The highest BCUT2D eigenvalue weighted by Gasteiger charge is 2.24. The number of nitrogens with zero attached hydrogens (tertiary/aromatic N) is 5. The first-order valence-electron chi connectivity index (χ1n) is 9.07. The van der Waals surface area contributed by atoms with Gasteiger partial charge in [0.25, 0.3) is 5.56 Å². The highest BCUT2D eigenvalue weighted by molar-refractivity contribution is 6.30. The number of imidazole rings is 1. The van der Waals surface area contributed by atoms with Gasteiger partial charge in [0.05, 0.1) is 12.0 Å². The van der Waals surface area contributed by atoms with Crippen LogP contribution in [-0.2, 0) is 6.54 Å². The fraction of sp³-hybridized carbons (Fsp3) is 0.421. The summed E-state index contributed by atoms with van der Waals surface area (Å²) >= 11 is 6.03. The molecule has 7 heteroatoms. The van der Waals surface area contributed by atoms with Crippen LogP contribution < -0.4 is 10.5 Å². The van der Waals surface area contributed by atoms with E-state index in [-0.39, 0.29) is 5.56 Å². The van der Waals surface area contributed by atoms with Crippen LogP contribution in [0.5, 0.6) is 0 Å². The fourth-order valence-corrected chi connectivity index (χ4v) is 3.75. The van der Waals surface area contributed by atoms with Crippen molar-refractivity contribution in [2.45, 2.75) is 33.2 Å². The van der Waals surface area contributed by atoms with Gasteiger partial charge in [0, 0.05) is 24.7 Å². The molecule has 0 radical (unpaired) electrons. The Morgan fingerprint density at radius 2 is 2.04 bits per heavy atom. The van der Waals surface area contributed by atoms with Crippen molar-refractivity contribution in [1.29, 1.82) is 0 Å². The maximum atomic E-state index is 13.3. The van der Waals surface area contributed by atoms with Gasteiger partial charge in [0.2, 0.25) is 5.95 Å².